The van der Waals surface area contributed by atoms with Gasteiger partial charge in [0.15, 0.2) is 11.5 Å². The van der Waals surface area contributed by atoms with Gasteiger partial charge in [-0.25, -0.2) is 0 Å². The summed E-state index contributed by atoms with van der Waals surface area (Å²) in [6, 6.07) is 7.14. The van der Waals surface area contributed by atoms with Gasteiger partial charge in [-0.15, -0.1) is 0 Å². The van der Waals surface area contributed by atoms with Gasteiger partial charge >= 0.3 is 0 Å². The second-order valence-corrected chi connectivity index (χ2v) is 6.98. The van der Waals surface area contributed by atoms with E-state index >= 15 is 0 Å². The minimum Gasteiger partial charge on any atom is -0.493 e. The molecule has 8 heteroatoms. The van der Waals surface area contributed by atoms with E-state index in [1.54, 1.807) is 51.9 Å². The van der Waals surface area contributed by atoms with Crippen LogP contribution in [0.4, 0.5) is 0 Å². The number of rotatable bonds is 6. The number of furan rings is 1. The summed E-state index contributed by atoms with van der Waals surface area (Å²) in [5, 5.41) is 0. The molecule has 1 aliphatic heterocycles. The van der Waals surface area contributed by atoms with Crippen LogP contribution in [0.3, 0.4) is 0 Å². The van der Waals surface area contributed by atoms with Gasteiger partial charge in [-0.1, -0.05) is 24.0 Å². The number of hydrogen-bond acceptors (Lipinski definition) is 7. The number of hydrogen-bond donors (Lipinski definition) is 0. The molecule has 1 aromatic carbocycles. The van der Waals surface area contributed by atoms with Crippen LogP contribution in [0.5, 0.6) is 17.2 Å². The molecule has 0 unspecified atom stereocenters. The molecule has 0 radical (unpaired) electrons. The molecule has 1 aliphatic rings. The van der Waals surface area contributed by atoms with Crippen LogP contribution in [-0.4, -0.2) is 36.5 Å². The molecule has 1 amide bonds. The predicted octanol–water partition coefficient (Wildman–Crippen LogP) is 3.71. The van der Waals surface area contributed by atoms with Crippen molar-refractivity contribution in [2.75, 3.05) is 21.3 Å². The minimum absolute atomic E-state index is 0.162. The zero-order valence-electron chi connectivity index (χ0n) is 14.5. The van der Waals surface area contributed by atoms with Crippen molar-refractivity contribution in [2.45, 2.75) is 6.54 Å². The third kappa shape index (κ3) is 3.56. The van der Waals surface area contributed by atoms with E-state index in [1.807, 2.05) is 6.07 Å². The first-order chi connectivity index (χ1) is 12.6. The van der Waals surface area contributed by atoms with E-state index < -0.39 is 0 Å². The third-order valence-electron chi connectivity index (χ3n) is 3.75. The van der Waals surface area contributed by atoms with Crippen LogP contribution in [0.1, 0.15) is 11.3 Å². The molecular formula is C18H17NO5S2. The molecule has 0 atom stereocenters. The molecule has 0 N–H and O–H groups in total. The molecule has 0 bridgehead atoms. The summed E-state index contributed by atoms with van der Waals surface area (Å²) < 4.78 is 21.8. The van der Waals surface area contributed by atoms with Crippen molar-refractivity contribution < 1.29 is 23.4 Å². The summed E-state index contributed by atoms with van der Waals surface area (Å²) in [4.78, 5) is 14.7. The number of benzene rings is 1. The molecule has 1 aromatic heterocycles. The normalized spacial score (nSPS) is 15.7. The van der Waals surface area contributed by atoms with Crippen LogP contribution in [0.25, 0.3) is 6.08 Å². The molecular weight excluding hydrogens is 374 g/mol. The second kappa shape index (κ2) is 7.84. The monoisotopic (exact) mass is 391 g/mol. The molecule has 2 aromatic rings. The van der Waals surface area contributed by atoms with Gasteiger partial charge in [-0.2, -0.15) is 0 Å². The molecule has 26 heavy (non-hydrogen) atoms. The lowest BCUT2D eigenvalue weighted by Crippen LogP contribution is -2.27. The van der Waals surface area contributed by atoms with Crippen molar-refractivity contribution >= 4 is 40.3 Å². The van der Waals surface area contributed by atoms with Crippen LogP contribution >= 0.6 is 24.0 Å². The third-order valence-corrected chi connectivity index (χ3v) is 5.13. The Kier molecular flexibility index (Phi) is 5.53. The highest BCUT2D eigenvalue weighted by molar-refractivity contribution is 8.26. The van der Waals surface area contributed by atoms with Crippen molar-refractivity contribution in [3.05, 3.63) is 46.8 Å². The van der Waals surface area contributed by atoms with E-state index in [2.05, 4.69) is 0 Å². The molecule has 0 aliphatic carbocycles. The first-order valence-corrected chi connectivity index (χ1v) is 8.87. The van der Waals surface area contributed by atoms with Crippen LogP contribution in [0.15, 0.2) is 39.9 Å². The summed E-state index contributed by atoms with van der Waals surface area (Å²) >= 11 is 6.59. The maximum Gasteiger partial charge on any atom is 0.266 e. The summed E-state index contributed by atoms with van der Waals surface area (Å²) in [7, 11) is 4.63. The Hall–Kier alpha value is -2.45. The molecule has 0 spiro atoms. The van der Waals surface area contributed by atoms with Gasteiger partial charge in [0, 0.05) is 0 Å². The van der Waals surface area contributed by atoms with Crippen molar-refractivity contribution in [2.24, 2.45) is 0 Å². The van der Waals surface area contributed by atoms with E-state index in [4.69, 9.17) is 30.8 Å². The summed E-state index contributed by atoms with van der Waals surface area (Å²) in [6.45, 7) is 0.310. The molecule has 1 fully saturated rings. The standard InChI is InChI=1S/C18H17NO5S2/c1-21-13-7-11(8-14(22-2)16(13)23-3)9-15-17(20)19(18(25)26-15)10-12-5-4-6-24-12/h4-9H,10H2,1-3H3/b15-9-. The Labute approximate surface area is 160 Å². The van der Waals surface area contributed by atoms with E-state index in [1.165, 1.54) is 16.7 Å². The fourth-order valence-electron chi connectivity index (χ4n) is 2.53. The van der Waals surface area contributed by atoms with Crippen LogP contribution in [-0.2, 0) is 11.3 Å². The van der Waals surface area contributed by atoms with Gasteiger partial charge < -0.3 is 18.6 Å². The maximum atomic E-state index is 12.7. The highest BCUT2D eigenvalue weighted by Gasteiger charge is 2.32. The van der Waals surface area contributed by atoms with Gasteiger partial charge in [0.05, 0.1) is 39.0 Å². The quantitative estimate of drug-likeness (QED) is 0.549. The minimum atomic E-state index is -0.162. The number of nitrogens with zero attached hydrogens (tertiary/aromatic N) is 1. The smallest absolute Gasteiger partial charge is 0.266 e. The number of thiocarbonyl (C=S) groups is 1. The Bertz CT molecular complexity index is 835. The van der Waals surface area contributed by atoms with E-state index in [0.29, 0.717) is 38.8 Å². The average Bonchev–Trinajstić information content (AvgIpc) is 3.25. The highest BCUT2D eigenvalue weighted by Crippen LogP contribution is 2.40. The molecule has 136 valence electrons. The maximum absolute atomic E-state index is 12.7. The van der Waals surface area contributed by atoms with Crippen molar-refractivity contribution in [1.82, 2.24) is 4.90 Å². The highest BCUT2D eigenvalue weighted by atomic mass is 32.2. The average molecular weight is 391 g/mol. The number of methoxy groups -OCH3 is 3. The first-order valence-electron chi connectivity index (χ1n) is 7.65. The lowest BCUT2D eigenvalue weighted by atomic mass is 10.1. The zero-order valence-corrected chi connectivity index (χ0v) is 16.1. The number of amides is 1. The fourth-order valence-corrected chi connectivity index (χ4v) is 3.79. The fraction of sp³-hybridized carbons (Fsp3) is 0.222. The summed E-state index contributed by atoms with van der Waals surface area (Å²) in [5.41, 5.74) is 0.748. The lowest BCUT2D eigenvalue weighted by molar-refractivity contribution is -0.122. The number of carbonyl (C=O) groups excluding carboxylic acids is 1. The van der Waals surface area contributed by atoms with Crippen LogP contribution in [0.2, 0.25) is 0 Å². The van der Waals surface area contributed by atoms with Crippen molar-refractivity contribution in [3.8, 4) is 17.2 Å². The zero-order chi connectivity index (χ0) is 18.7. The Morgan fingerprint density at radius 2 is 1.88 bits per heavy atom. The molecule has 2 heterocycles. The van der Waals surface area contributed by atoms with E-state index in [-0.39, 0.29) is 5.91 Å². The van der Waals surface area contributed by atoms with Gasteiger partial charge in [0.1, 0.15) is 10.1 Å². The van der Waals surface area contributed by atoms with Crippen LogP contribution < -0.4 is 14.2 Å². The predicted molar refractivity (Wildman–Crippen MR) is 104 cm³/mol. The van der Waals surface area contributed by atoms with Crippen LogP contribution in [0, 0.1) is 0 Å². The largest absolute Gasteiger partial charge is 0.493 e. The Balaban J connectivity index is 1.90. The topological polar surface area (TPSA) is 61.1 Å². The van der Waals surface area contributed by atoms with Gasteiger partial charge in [0.2, 0.25) is 5.75 Å². The number of thioether (sulfide) groups is 1. The number of ether oxygens (including phenoxy) is 3. The first kappa shape index (κ1) is 18.3. The summed E-state index contributed by atoms with van der Waals surface area (Å²) in [6.07, 6.45) is 3.32. The molecule has 1 saturated heterocycles. The van der Waals surface area contributed by atoms with Crippen molar-refractivity contribution in [3.63, 3.8) is 0 Å². The Morgan fingerprint density at radius 3 is 2.42 bits per heavy atom. The molecule has 0 saturated carbocycles. The Morgan fingerprint density at radius 1 is 1.19 bits per heavy atom. The number of carbonyl (C=O) groups is 1. The summed E-state index contributed by atoms with van der Waals surface area (Å²) in [5.74, 6) is 2.05. The molecule has 6 nitrogen and oxygen atoms in total. The van der Waals surface area contributed by atoms with Gasteiger partial charge in [-0.05, 0) is 35.9 Å². The second-order valence-electron chi connectivity index (χ2n) is 5.31. The van der Waals surface area contributed by atoms with E-state index in [9.17, 15) is 4.79 Å². The van der Waals surface area contributed by atoms with E-state index in [0.717, 1.165) is 5.56 Å². The SMILES string of the molecule is COc1cc(/C=C2\SC(=S)N(Cc3ccco3)C2=O)cc(OC)c1OC. The lowest BCUT2D eigenvalue weighted by Gasteiger charge is -2.13. The molecule has 3 rings (SSSR count). The van der Waals surface area contributed by atoms with Gasteiger partial charge in [-0.3, -0.25) is 9.69 Å². The van der Waals surface area contributed by atoms with Gasteiger partial charge in [0.25, 0.3) is 5.91 Å². The van der Waals surface area contributed by atoms with Crippen molar-refractivity contribution in [1.29, 1.82) is 0 Å².